The van der Waals surface area contributed by atoms with Gasteiger partial charge in [0.15, 0.2) is 0 Å². The first-order chi connectivity index (χ1) is 10.7. The number of rotatable bonds is 6. The molecule has 5 atom stereocenters. The normalized spacial score (nSPS) is 46.0. The van der Waals surface area contributed by atoms with Gasteiger partial charge in [-0.3, -0.25) is 9.69 Å². The SMILES string of the molecule is CCN(CC(=O)O)C1CC(NC2CC3CC2C2CCCC32)C1. The van der Waals surface area contributed by atoms with Crippen molar-refractivity contribution in [1.82, 2.24) is 10.2 Å². The predicted octanol–water partition coefficient (Wildman–Crippen LogP) is 2.34. The van der Waals surface area contributed by atoms with Crippen LogP contribution in [0.15, 0.2) is 0 Å². The molecular weight excluding hydrogens is 276 g/mol. The summed E-state index contributed by atoms with van der Waals surface area (Å²) in [6.45, 7) is 3.12. The van der Waals surface area contributed by atoms with Gasteiger partial charge >= 0.3 is 5.97 Å². The highest BCUT2D eigenvalue weighted by molar-refractivity contribution is 5.69. The van der Waals surface area contributed by atoms with Crippen LogP contribution >= 0.6 is 0 Å². The maximum Gasteiger partial charge on any atom is 0.317 e. The van der Waals surface area contributed by atoms with Crippen molar-refractivity contribution in [2.45, 2.75) is 70.0 Å². The Labute approximate surface area is 133 Å². The van der Waals surface area contributed by atoms with Gasteiger partial charge in [0, 0.05) is 18.1 Å². The zero-order valence-corrected chi connectivity index (χ0v) is 13.7. The Hall–Kier alpha value is -0.610. The second kappa shape index (κ2) is 5.79. The van der Waals surface area contributed by atoms with Crippen LogP contribution in [0, 0.1) is 23.7 Å². The molecule has 2 bridgehead atoms. The van der Waals surface area contributed by atoms with Crippen LogP contribution in [-0.4, -0.2) is 47.2 Å². The summed E-state index contributed by atoms with van der Waals surface area (Å²) in [4.78, 5) is 13.0. The number of nitrogens with zero attached hydrogens (tertiary/aromatic N) is 1. The van der Waals surface area contributed by atoms with Crippen molar-refractivity contribution in [2.24, 2.45) is 23.7 Å². The van der Waals surface area contributed by atoms with E-state index < -0.39 is 5.97 Å². The number of fused-ring (bicyclic) bond motifs is 5. The molecule has 0 saturated heterocycles. The minimum atomic E-state index is -0.696. The molecule has 4 nitrogen and oxygen atoms in total. The van der Waals surface area contributed by atoms with E-state index in [0.29, 0.717) is 12.1 Å². The lowest BCUT2D eigenvalue weighted by Crippen LogP contribution is -2.56. The number of likely N-dealkylation sites (N-methyl/N-ethyl adjacent to an activating group) is 1. The van der Waals surface area contributed by atoms with Crippen molar-refractivity contribution in [3.63, 3.8) is 0 Å². The number of hydrogen-bond donors (Lipinski definition) is 2. The van der Waals surface area contributed by atoms with E-state index in [9.17, 15) is 4.79 Å². The Morgan fingerprint density at radius 3 is 2.64 bits per heavy atom. The minimum absolute atomic E-state index is 0.200. The van der Waals surface area contributed by atoms with E-state index in [1.54, 1.807) is 0 Å². The number of nitrogens with one attached hydrogen (secondary N) is 1. The molecule has 0 aliphatic heterocycles. The lowest BCUT2D eigenvalue weighted by atomic mass is 9.77. The van der Waals surface area contributed by atoms with Crippen LogP contribution in [0.4, 0.5) is 0 Å². The average molecular weight is 306 g/mol. The van der Waals surface area contributed by atoms with Crippen LogP contribution in [0.1, 0.15) is 51.9 Å². The first kappa shape index (κ1) is 14.9. The molecule has 0 aromatic rings. The maximum atomic E-state index is 10.9. The summed E-state index contributed by atoms with van der Waals surface area (Å²) in [6.07, 6.45) is 9.65. The summed E-state index contributed by atoms with van der Waals surface area (Å²) in [6, 6.07) is 1.89. The number of carboxylic acid groups (broad SMARTS) is 1. The topological polar surface area (TPSA) is 52.6 Å². The highest BCUT2D eigenvalue weighted by Gasteiger charge is 2.54. The van der Waals surface area contributed by atoms with Crippen molar-refractivity contribution in [3.05, 3.63) is 0 Å². The molecule has 4 rings (SSSR count). The lowest BCUT2D eigenvalue weighted by molar-refractivity contribution is -0.139. The van der Waals surface area contributed by atoms with Gasteiger partial charge in [-0.05, 0) is 68.7 Å². The summed E-state index contributed by atoms with van der Waals surface area (Å²) in [7, 11) is 0. The molecule has 0 spiro atoms. The highest BCUT2D eigenvalue weighted by Crippen LogP contribution is 2.58. The van der Waals surface area contributed by atoms with Crippen LogP contribution in [0.25, 0.3) is 0 Å². The molecule has 0 aromatic heterocycles. The molecular formula is C18H30N2O2. The van der Waals surface area contributed by atoms with E-state index in [1.807, 2.05) is 0 Å². The molecule has 2 N–H and O–H groups in total. The number of hydrogen-bond acceptors (Lipinski definition) is 3. The number of carboxylic acids is 1. The Morgan fingerprint density at radius 1 is 1.14 bits per heavy atom. The van der Waals surface area contributed by atoms with Gasteiger partial charge < -0.3 is 10.4 Å². The largest absolute Gasteiger partial charge is 0.480 e. The molecule has 5 unspecified atom stereocenters. The standard InChI is InChI=1S/C18H30N2O2/c1-2-20(10-18(21)22)13-8-12(9-13)19-17-7-11-6-16(17)15-5-3-4-14(11)15/h11-17,19H,2-10H2,1H3,(H,21,22). The summed E-state index contributed by atoms with van der Waals surface area (Å²) < 4.78 is 0. The lowest BCUT2D eigenvalue weighted by Gasteiger charge is -2.45. The molecule has 4 fully saturated rings. The monoisotopic (exact) mass is 306 g/mol. The van der Waals surface area contributed by atoms with Crippen LogP contribution in [0.5, 0.6) is 0 Å². The fourth-order valence-electron chi connectivity index (χ4n) is 6.26. The van der Waals surface area contributed by atoms with E-state index in [4.69, 9.17) is 5.11 Å². The van der Waals surface area contributed by atoms with Crippen LogP contribution < -0.4 is 5.32 Å². The van der Waals surface area contributed by atoms with Gasteiger partial charge in [-0.1, -0.05) is 13.3 Å². The third-order valence-corrected chi connectivity index (χ3v) is 7.25. The molecule has 4 aliphatic rings. The smallest absolute Gasteiger partial charge is 0.317 e. The van der Waals surface area contributed by atoms with Crippen molar-refractivity contribution in [2.75, 3.05) is 13.1 Å². The molecule has 124 valence electrons. The Morgan fingerprint density at radius 2 is 1.91 bits per heavy atom. The fraction of sp³-hybridized carbons (Fsp3) is 0.944. The van der Waals surface area contributed by atoms with Gasteiger partial charge in [0.05, 0.1) is 6.54 Å². The van der Waals surface area contributed by atoms with Crippen molar-refractivity contribution in [3.8, 4) is 0 Å². The van der Waals surface area contributed by atoms with Crippen LogP contribution in [-0.2, 0) is 4.79 Å². The van der Waals surface area contributed by atoms with E-state index in [-0.39, 0.29) is 6.54 Å². The zero-order valence-electron chi connectivity index (χ0n) is 13.7. The van der Waals surface area contributed by atoms with Crippen molar-refractivity contribution in [1.29, 1.82) is 0 Å². The van der Waals surface area contributed by atoms with Gasteiger partial charge in [0.1, 0.15) is 0 Å². The second-order valence-electron chi connectivity index (χ2n) is 8.21. The van der Waals surface area contributed by atoms with Crippen LogP contribution in [0.2, 0.25) is 0 Å². The summed E-state index contributed by atoms with van der Waals surface area (Å²) in [5.74, 6) is 3.39. The fourth-order valence-corrected chi connectivity index (χ4v) is 6.26. The third-order valence-electron chi connectivity index (χ3n) is 7.25. The summed E-state index contributed by atoms with van der Waals surface area (Å²) >= 11 is 0. The van der Waals surface area contributed by atoms with Gasteiger partial charge in [0.25, 0.3) is 0 Å². The average Bonchev–Trinajstić information content (AvgIpc) is 3.11. The Bertz CT molecular complexity index is 435. The first-order valence-corrected chi connectivity index (χ1v) is 9.37. The van der Waals surface area contributed by atoms with Gasteiger partial charge in [0.2, 0.25) is 0 Å². The molecule has 0 amide bonds. The van der Waals surface area contributed by atoms with E-state index in [2.05, 4.69) is 17.1 Å². The molecule has 4 saturated carbocycles. The van der Waals surface area contributed by atoms with Gasteiger partial charge in [-0.25, -0.2) is 0 Å². The van der Waals surface area contributed by atoms with Gasteiger partial charge in [-0.15, -0.1) is 0 Å². The van der Waals surface area contributed by atoms with Crippen molar-refractivity contribution < 1.29 is 9.90 Å². The zero-order chi connectivity index (χ0) is 15.3. The van der Waals surface area contributed by atoms with E-state index in [1.165, 1.54) is 32.1 Å². The summed E-state index contributed by atoms with van der Waals surface area (Å²) in [5.41, 5.74) is 0. The number of carbonyl (C=O) groups is 1. The summed E-state index contributed by atoms with van der Waals surface area (Å²) in [5, 5.41) is 12.9. The molecule has 0 heterocycles. The first-order valence-electron chi connectivity index (χ1n) is 9.37. The van der Waals surface area contributed by atoms with E-state index in [0.717, 1.165) is 49.1 Å². The Kier molecular flexibility index (Phi) is 3.93. The van der Waals surface area contributed by atoms with Crippen LogP contribution in [0.3, 0.4) is 0 Å². The second-order valence-corrected chi connectivity index (χ2v) is 8.21. The number of aliphatic carboxylic acids is 1. The molecule has 22 heavy (non-hydrogen) atoms. The maximum absolute atomic E-state index is 10.9. The Balaban J connectivity index is 1.26. The molecule has 4 heteroatoms. The van der Waals surface area contributed by atoms with Gasteiger partial charge in [-0.2, -0.15) is 0 Å². The van der Waals surface area contributed by atoms with E-state index >= 15 is 0 Å². The quantitative estimate of drug-likeness (QED) is 0.791. The molecule has 0 radical (unpaired) electrons. The third kappa shape index (κ3) is 2.48. The molecule has 0 aromatic carbocycles. The molecule has 4 aliphatic carbocycles. The predicted molar refractivity (Wildman–Crippen MR) is 85.7 cm³/mol. The highest BCUT2D eigenvalue weighted by atomic mass is 16.4. The minimum Gasteiger partial charge on any atom is -0.480 e. The van der Waals surface area contributed by atoms with Crippen molar-refractivity contribution >= 4 is 5.97 Å².